The van der Waals surface area contributed by atoms with Gasteiger partial charge in [-0.2, -0.15) is 0 Å². The molecular formula is C13H19N2O4P. The third kappa shape index (κ3) is 2.69. The van der Waals surface area contributed by atoms with Gasteiger partial charge in [0.15, 0.2) is 0 Å². The molecule has 1 aromatic heterocycles. The number of carbonyl (C=O) groups is 1. The SMILES string of the molecule is CCO[PH](O)(OCC)c1ccc2[nH]cc(C(N)=O)c2c1. The van der Waals surface area contributed by atoms with Crippen LogP contribution in [0.2, 0.25) is 0 Å². The maximum atomic E-state index is 11.4. The number of rotatable bonds is 6. The molecule has 0 aliphatic heterocycles. The molecule has 1 heterocycles. The molecular weight excluding hydrogens is 279 g/mol. The number of aromatic amines is 1. The second-order valence-corrected chi connectivity index (χ2v) is 6.59. The second kappa shape index (κ2) is 5.89. The van der Waals surface area contributed by atoms with E-state index in [1.54, 1.807) is 38.2 Å². The van der Waals surface area contributed by atoms with E-state index in [2.05, 4.69) is 4.98 Å². The molecule has 0 spiro atoms. The van der Waals surface area contributed by atoms with E-state index in [-0.39, 0.29) is 0 Å². The van der Waals surface area contributed by atoms with Gasteiger partial charge in [0.05, 0.1) is 0 Å². The van der Waals surface area contributed by atoms with Crippen LogP contribution in [0.4, 0.5) is 0 Å². The van der Waals surface area contributed by atoms with Crippen molar-refractivity contribution in [3.8, 4) is 0 Å². The number of hydrogen-bond donors (Lipinski definition) is 3. The van der Waals surface area contributed by atoms with Gasteiger partial charge in [-0.05, 0) is 0 Å². The molecule has 2 aromatic rings. The molecule has 0 saturated carbocycles. The zero-order chi connectivity index (χ0) is 14.8. The van der Waals surface area contributed by atoms with Crippen LogP contribution in [-0.2, 0) is 9.05 Å². The summed E-state index contributed by atoms with van der Waals surface area (Å²) in [5, 5.41) is 1.20. The van der Waals surface area contributed by atoms with Gasteiger partial charge >= 0.3 is 117 Å². The Kier molecular flexibility index (Phi) is 4.40. The van der Waals surface area contributed by atoms with Crippen LogP contribution < -0.4 is 11.0 Å². The van der Waals surface area contributed by atoms with Crippen LogP contribution in [-0.4, -0.2) is 29.0 Å². The zero-order valence-corrected chi connectivity index (χ0v) is 12.5. The normalized spacial score (nSPS) is 12.8. The molecule has 2 rings (SSSR count). The molecule has 0 bridgehead atoms. The van der Waals surface area contributed by atoms with Crippen molar-refractivity contribution in [2.45, 2.75) is 13.8 Å². The summed E-state index contributed by atoms with van der Waals surface area (Å²) in [6.45, 7) is 4.27. The van der Waals surface area contributed by atoms with E-state index in [1.165, 1.54) is 0 Å². The van der Waals surface area contributed by atoms with Crippen molar-refractivity contribution in [3.05, 3.63) is 30.0 Å². The molecule has 0 atom stereocenters. The van der Waals surface area contributed by atoms with Gasteiger partial charge in [0.1, 0.15) is 0 Å². The van der Waals surface area contributed by atoms with Gasteiger partial charge < -0.3 is 0 Å². The quantitative estimate of drug-likeness (QED) is 0.703. The average molecular weight is 298 g/mol. The van der Waals surface area contributed by atoms with Crippen molar-refractivity contribution in [2.75, 3.05) is 13.2 Å². The molecule has 0 fully saturated rings. The first-order valence-electron chi connectivity index (χ1n) is 6.43. The van der Waals surface area contributed by atoms with Gasteiger partial charge in [-0.3, -0.25) is 0 Å². The molecule has 0 aliphatic rings. The van der Waals surface area contributed by atoms with Gasteiger partial charge in [-0.15, -0.1) is 0 Å². The Balaban J connectivity index is 2.53. The van der Waals surface area contributed by atoms with Crippen molar-refractivity contribution >= 4 is 30.1 Å². The number of carbonyl (C=O) groups excluding carboxylic acids is 1. The first-order valence-corrected chi connectivity index (χ1v) is 8.20. The van der Waals surface area contributed by atoms with Gasteiger partial charge in [0.2, 0.25) is 0 Å². The van der Waals surface area contributed by atoms with Crippen molar-refractivity contribution in [2.24, 2.45) is 5.73 Å². The molecule has 1 aromatic carbocycles. The van der Waals surface area contributed by atoms with Gasteiger partial charge in [0.25, 0.3) is 0 Å². The Labute approximate surface area is 117 Å². The van der Waals surface area contributed by atoms with E-state index in [1.807, 2.05) is 0 Å². The number of benzene rings is 1. The minimum absolute atomic E-state index is 0.344. The van der Waals surface area contributed by atoms with Crippen LogP contribution in [0.1, 0.15) is 24.2 Å². The molecule has 4 N–H and O–H groups in total. The van der Waals surface area contributed by atoms with Gasteiger partial charge in [-0.25, -0.2) is 0 Å². The zero-order valence-electron chi connectivity index (χ0n) is 11.5. The van der Waals surface area contributed by atoms with Crippen LogP contribution in [0.15, 0.2) is 24.4 Å². The Morgan fingerprint density at radius 1 is 1.35 bits per heavy atom. The van der Waals surface area contributed by atoms with Crippen LogP contribution in [0.3, 0.4) is 0 Å². The third-order valence-electron chi connectivity index (χ3n) is 2.99. The summed E-state index contributed by atoms with van der Waals surface area (Å²) in [6.07, 6.45) is 1.55. The summed E-state index contributed by atoms with van der Waals surface area (Å²) in [5.41, 5.74) is 6.48. The van der Waals surface area contributed by atoms with Gasteiger partial charge in [0, 0.05) is 0 Å². The molecule has 0 aliphatic carbocycles. The van der Waals surface area contributed by atoms with E-state index in [0.29, 0.717) is 29.5 Å². The van der Waals surface area contributed by atoms with Crippen molar-refractivity contribution < 1.29 is 18.7 Å². The molecule has 1 amide bonds. The standard InChI is InChI=1S/C13H19N2O4P/c1-3-18-20(17,19-4-2)9-5-6-12-10(7-9)11(8-15-12)13(14)16/h5-8,15,17,20H,3-4H2,1-2H3,(H2,14,16). The second-order valence-electron chi connectivity index (χ2n) is 4.27. The summed E-state index contributed by atoms with van der Waals surface area (Å²) in [6, 6.07) is 5.21. The van der Waals surface area contributed by atoms with E-state index < -0.39 is 13.9 Å². The number of fused-ring (bicyclic) bond motifs is 1. The molecule has 0 saturated heterocycles. The van der Waals surface area contributed by atoms with Crippen LogP contribution in [0, 0.1) is 0 Å². The summed E-state index contributed by atoms with van der Waals surface area (Å²) in [5.74, 6) is -0.522. The predicted octanol–water partition coefficient (Wildman–Crippen LogP) is 1.45. The van der Waals surface area contributed by atoms with E-state index in [4.69, 9.17) is 14.8 Å². The van der Waals surface area contributed by atoms with Crippen LogP contribution >= 0.6 is 7.94 Å². The predicted molar refractivity (Wildman–Crippen MR) is 80.2 cm³/mol. The minimum atomic E-state index is -3.44. The fourth-order valence-corrected chi connectivity index (χ4v) is 3.94. The Bertz CT molecular complexity index is 620. The number of aromatic nitrogens is 1. The van der Waals surface area contributed by atoms with Crippen molar-refractivity contribution in [1.82, 2.24) is 4.98 Å². The van der Waals surface area contributed by atoms with Crippen LogP contribution in [0.25, 0.3) is 10.9 Å². The van der Waals surface area contributed by atoms with Crippen molar-refractivity contribution in [3.63, 3.8) is 0 Å². The molecule has 0 unspecified atom stereocenters. The Morgan fingerprint density at radius 3 is 2.55 bits per heavy atom. The number of nitrogens with one attached hydrogen (secondary N) is 1. The van der Waals surface area contributed by atoms with Crippen molar-refractivity contribution in [1.29, 1.82) is 0 Å². The fraction of sp³-hybridized carbons (Fsp3) is 0.308. The number of H-pyrrole nitrogens is 1. The monoisotopic (exact) mass is 298 g/mol. The Hall–Kier alpha value is -1.46. The summed E-state index contributed by atoms with van der Waals surface area (Å²) >= 11 is 0. The summed E-state index contributed by atoms with van der Waals surface area (Å²) in [4.78, 5) is 24.9. The number of hydrogen-bond acceptors (Lipinski definition) is 4. The molecule has 20 heavy (non-hydrogen) atoms. The molecule has 6 nitrogen and oxygen atoms in total. The molecule has 0 radical (unpaired) electrons. The number of nitrogens with two attached hydrogens (primary N) is 1. The van der Waals surface area contributed by atoms with Crippen LogP contribution in [0.5, 0.6) is 0 Å². The molecule has 110 valence electrons. The van der Waals surface area contributed by atoms with E-state index in [0.717, 1.165) is 5.52 Å². The average Bonchev–Trinajstić information content (AvgIpc) is 2.82. The number of amides is 1. The van der Waals surface area contributed by atoms with E-state index in [9.17, 15) is 9.69 Å². The third-order valence-corrected chi connectivity index (χ3v) is 5.39. The fourth-order valence-electron chi connectivity index (χ4n) is 2.12. The number of primary amides is 1. The first-order chi connectivity index (χ1) is 9.51. The van der Waals surface area contributed by atoms with Gasteiger partial charge in [-0.1, -0.05) is 0 Å². The maximum absolute atomic E-state index is 11.4. The van der Waals surface area contributed by atoms with E-state index >= 15 is 0 Å². The summed E-state index contributed by atoms with van der Waals surface area (Å²) in [7, 11) is -3.44. The summed E-state index contributed by atoms with van der Waals surface area (Å²) < 4.78 is 10.9. The first kappa shape index (κ1) is 14.9. The Morgan fingerprint density at radius 2 is 2.00 bits per heavy atom. The topological polar surface area (TPSA) is 97.6 Å². The molecule has 7 heteroatoms.